The monoisotopic (exact) mass is 293 g/mol. The number of hydrogen-bond donors (Lipinski definition) is 1. The first-order chi connectivity index (χ1) is 10.7. The molecule has 0 aliphatic carbocycles. The van der Waals surface area contributed by atoms with Crippen molar-refractivity contribution >= 4 is 16.7 Å². The molecule has 112 valence electrons. The van der Waals surface area contributed by atoms with Crippen LogP contribution in [0.25, 0.3) is 10.9 Å². The molecule has 0 bridgehead atoms. The molecule has 0 saturated heterocycles. The summed E-state index contributed by atoms with van der Waals surface area (Å²) in [7, 11) is 1.68. The van der Waals surface area contributed by atoms with E-state index in [-0.39, 0.29) is 0 Å². The Morgan fingerprint density at radius 1 is 1.05 bits per heavy atom. The maximum atomic E-state index is 5.24. The minimum atomic E-state index is 0.718. The first-order valence-corrected chi connectivity index (χ1v) is 7.26. The van der Waals surface area contributed by atoms with Crippen LogP contribution in [0.15, 0.2) is 42.7 Å². The zero-order chi connectivity index (χ0) is 15.5. The number of nitrogens with one attached hydrogen (secondary N) is 1. The minimum absolute atomic E-state index is 0.718. The molecule has 0 fully saturated rings. The second kappa shape index (κ2) is 6.02. The van der Waals surface area contributed by atoms with Gasteiger partial charge in [0.1, 0.15) is 17.9 Å². The topological polar surface area (TPSA) is 47.0 Å². The standard InChI is InChI=1S/C18H19N3O/c1-12-4-7-17-16(8-12)18(21-11-20-17)19-10-14-5-6-15(22-3)9-13(14)2/h4-9,11H,10H2,1-3H3,(H,19,20,21). The van der Waals surface area contributed by atoms with Gasteiger partial charge in [-0.25, -0.2) is 9.97 Å². The van der Waals surface area contributed by atoms with E-state index in [4.69, 9.17) is 4.74 Å². The normalized spacial score (nSPS) is 10.7. The largest absolute Gasteiger partial charge is 0.497 e. The lowest BCUT2D eigenvalue weighted by molar-refractivity contribution is 0.414. The van der Waals surface area contributed by atoms with E-state index in [1.807, 2.05) is 18.2 Å². The van der Waals surface area contributed by atoms with Crippen molar-refractivity contribution in [3.8, 4) is 5.75 Å². The summed E-state index contributed by atoms with van der Waals surface area (Å²) in [6, 6.07) is 12.3. The summed E-state index contributed by atoms with van der Waals surface area (Å²) in [5.41, 5.74) is 4.57. The number of hydrogen-bond acceptors (Lipinski definition) is 4. The Hall–Kier alpha value is -2.62. The van der Waals surface area contributed by atoms with Crippen LogP contribution in [0.4, 0.5) is 5.82 Å². The predicted octanol–water partition coefficient (Wildman–Crippen LogP) is 3.87. The molecule has 4 heteroatoms. The average Bonchev–Trinajstić information content (AvgIpc) is 2.53. The minimum Gasteiger partial charge on any atom is -0.497 e. The van der Waals surface area contributed by atoms with E-state index in [1.165, 1.54) is 16.7 Å². The van der Waals surface area contributed by atoms with Crippen LogP contribution in [0.1, 0.15) is 16.7 Å². The van der Waals surface area contributed by atoms with Gasteiger partial charge in [0.2, 0.25) is 0 Å². The average molecular weight is 293 g/mol. The Labute approximate surface area is 130 Å². The van der Waals surface area contributed by atoms with E-state index in [0.717, 1.165) is 29.0 Å². The second-order valence-corrected chi connectivity index (χ2v) is 5.39. The molecule has 0 radical (unpaired) electrons. The molecule has 1 N–H and O–H groups in total. The van der Waals surface area contributed by atoms with Crippen LogP contribution in [-0.2, 0) is 6.54 Å². The van der Waals surface area contributed by atoms with Gasteiger partial charge in [0, 0.05) is 11.9 Å². The molecule has 3 rings (SSSR count). The molecule has 2 aromatic carbocycles. The van der Waals surface area contributed by atoms with Crippen molar-refractivity contribution in [1.82, 2.24) is 9.97 Å². The summed E-state index contributed by atoms with van der Waals surface area (Å²) in [4.78, 5) is 8.69. The molecule has 0 saturated carbocycles. The molecule has 4 nitrogen and oxygen atoms in total. The summed E-state index contributed by atoms with van der Waals surface area (Å²) in [5.74, 6) is 1.74. The molecule has 0 unspecified atom stereocenters. The highest BCUT2D eigenvalue weighted by Crippen LogP contribution is 2.22. The van der Waals surface area contributed by atoms with E-state index < -0.39 is 0 Å². The van der Waals surface area contributed by atoms with Gasteiger partial charge < -0.3 is 10.1 Å². The molecule has 0 aliphatic heterocycles. The van der Waals surface area contributed by atoms with Gasteiger partial charge in [-0.15, -0.1) is 0 Å². The number of aromatic nitrogens is 2. The zero-order valence-electron chi connectivity index (χ0n) is 13.1. The first-order valence-electron chi connectivity index (χ1n) is 7.26. The summed E-state index contributed by atoms with van der Waals surface area (Å²) < 4.78 is 5.24. The third kappa shape index (κ3) is 2.86. The van der Waals surface area contributed by atoms with E-state index in [2.05, 4.69) is 47.3 Å². The molecular weight excluding hydrogens is 274 g/mol. The smallest absolute Gasteiger partial charge is 0.137 e. The van der Waals surface area contributed by atoms with Gasteiger partial charge in [-0.2, -0.15) is 0 Å². The SMILES string of the molecule is COc1ccc(CNc2ncnc3ccc(C)cc23)c(C)c1. The van der Waals surface area contributed by atoms with Gasteiger partial charge in [0.25, 0.3) is 0 Å². The number of fused-ring (bicyclic) bond motifs is 1. The van der Waals surface area contributed by atoms with Crippen molar-refractivity contribution in [3.63, 3.8) is 0 Å². The second-order valence-electron chi connectivity index (χ2n) is 5.39. The molecule has 0 aliphatic rings. The Bertz CT molecular complexity index is 815. The van der Waals surface area contributed by atoms with Gasteiger partial charge in [-0.1, -0.05) is 17.7 Å². The molecule has 1 aromatic heterocycles. The van der Waals surface area contributed by atoms with Crippen LogP contribution in [-0.4, -0.2) is 17.1 Å². The van der Waals surface area contributed by atoms with Crippen LogP contribution in [0, 0.1) is 13.8 Å². The van der Waals surface area contributed by atoms with Crippen molar-refractivity contribution in [2.24, 2.45) is 0 Å². The van der Waals surface area contributed by atoms with Crippen molar-refractivity contribution < 1.29 is 4.74 Å². The maximum absolute atomic E-state index is 5.24. The summed E-state index contributed by atoms with van der Waals surface area (Å²) in [6.45, 7) is 4.88. The van der Waals surface area contributed by atoms with E-state index in [1.54, 1.807) is 13.4 Å². The summed E-state index contributed by atoms with van der Waals surface area (Å²) >= 11 is 0. The highest BCUT2D eigenvalue weighted by atomic mass is 16.5. The Morgan fingerprint density at radius 3 is 2.68 bits per heavy atom. The number of aryl methyl sites for hydroxylation is 2. The zero-order valence-corrected chi connectivity index (χ0v) is 13.1. The highest BCUT2D eigenvalue weighted by molar-refractivity contribution is 5.89. The molecular formula is C18H19N3O. The predicted molar refractivity (Wildman–Crippen MR) is 89.3 cm³/mol. The number of nitrogens with zero attached hydrogens (tertiary/aromatic N) is 2. The molecule has 0 spiro atoms. The van der Waals surface area contributed by atoms with Gasteiger partial charge in [0.15, 0.2) is 0 Å². The van der Waals surface area contributed by atoms with Crippen LogP contribution in [0.2, 0.25) is 0 Å². The third-order valence-electron chi connectivity index (χ3n) is 3.79. The van der Waals surface area contributed by atoms with Crippen molar-refractivity contribution in [1.29, 1.82) is 0 Å². The van der Waals surface area contributed by atoms with Crippen molar-refractivity contribution in [3.05, 3.63) is 59.4 Å². The van der Waals surface area contributed by atoms with Crippen LogP contribution in [0.5, 0.6) is 5.75 Å². The molecule has 0 atom stereocenters. The number of methoxy groups -OCH3 is 1. The highest BCUT2D eigenvalue weighted by Gasteiger charge is 2.05. The number of anilines is 1. The van der Waals surface area contributed by atoms with Gasteiger partial charge in [0.05, 0.1) is 12.6 Å². The van der Waals surface area contributed by atoms with Crippen molar-refractivity contribution in [2.45, 2.75) is 20.4 Å². The summed E-state index contributed by atoms with van der Waals surface area (Å²) in [6.07, 6.45) is 1.60. The van der Waals surface area contributed by atoms with Crippen molar-refractivity contribution in [2.75, 3.05) is 12.4 Å². The fourth-order valence-electron chi connectivity index (χ4n) is 2.48. The number of ether oxygens (including phenoxy) is 1. The molecule has 3 aromatic rings. The lowest BCUT2D eigenvalue weighted by atomic mass is 10.1. The number of rotatable bonds is 4. The number of benzene rings is 2. The van der Waals surface area contributed by atoms with Gasteiger partial charge in [-0.05, 0) is 49.2 Å². The maximum Gasteiger partial charge on any atom is 0.137 e. The Morgan fingerprint density at radius 2 is 1.91 bits per heavy atom. The summed E-state index contributed by atoms with van der Waals surface area (Å²) in [5, 5.41) is 4.47. The van der Waals surface area contributed by atoms with Crippen LogP contribution >= 0.6 is 0 Å². The molecule has 22 heavy (non-hydrogen) atoms. The molecule has 0 amide bonds. The third-order valence-corrected chi connectivity index (χ3v) is 3.79. The van der Waals surface area contributed by atoms with E-state index >= 15 is 0 Å². The quantitative estimate of drug-likeness (QED) is 0.793. The fourth-order valence-corrected chi connectivity index (χ4v) is 2.48. The first kappa shape index (κ1) is 14.3. The lowest BCUT2D eigenvalue weighted by Crippen LogP contribution is -2.04. The lowest BCUT2D eigenvalue weighted by Gasteiger charge is -2.11. The Kier molecular flexibility index (Phi) is 3.92. The Balaban J connectivity index is 1.86. The van der Waals surface area contributed by atoms with Crippen LogP contribution < -0.4 is 10.1 Å². The van der Waals surface area contributed by atoms with Gasteiger partial charge in [-0.3, -0.25) is 0 Å². The van der Waals surface area contributed by atoms with E-state index in [9.17, 15) is 0 Å². The van der Waals surface area contributed by atoms with E-state index in [0.29, 0.717) is 0 Å². The van der Waals surface area contributed by atoms with Gasteiger partial charge >= 0.3 is 0 Å². The molecule has 1 heterocycles. The fraction of sp³-hybridized carbons (Fsp3) is 0.222. The van der Waals surface area contributed by atoms with Crippen LogP contribution in [0.3, 0.4) is 0 Å².